The number of benzene rings is 1. The average molecular weight is 379 g/mol. The highest BCUT2D eigenvalue weighted by molar-refractivity contribution is 7.80. The lowest BCUT2D eigenvalue weighted by Crippen LogP contribution is -2.42. The van der Waals surface area contributed by atoms with E-state index in [4.69, 9.17) is 21.7 Å². The quantitative estimate of drug-likeness (QED) is 0.390. The first-order chi connectivity index (χ1) is 12.6. The van der Waals surface area contributed by atoms with Crippen molar-refractivity contribution in [1.82, 2.24) is 15.6 Å². The van der Waals surface area contributed by atoms with Gasteiger partial charge in [-0.2, -0.15) is 5.10 Å². The molecule has 0 aliphatic carbocycles. The zero-order valence-corrected chi connectivity index (χ0v) is 16.6. The molecule has 0 aromatic heterocycles. The molecular weight excluding hydrogens is 348 g/mol. The van der Waals surface area contributed by atoms with Crippen molar-refractivity contribution >= 4 is 23.5 Å². The molecule has 1 aromatic rings. The van der Waals surface area contributed by atoms with Crippen LogP contribution < -0.4 is 15.5 Å². The van der Waals surface area contributed by atoms with Crippen LogP contribution in [0.4, 0.5) is 0 Å². The number of nitrogens with zero attached hydrogens (tertiary/aromatic N) is 2. The molecule has 1 aliphatic rings. The van der Waals surface area contributed by atoms with Crippen LogP contribution in [0.15, 0.2) is 29.4 Å². The number of nitrogens with one attached hydrogen (secondary N) is 2. The Hall–Kier alpha value is -1.70. The van der Waals surface area contributed by atoms with Crippen LogP contribution in [0.25, 0.3) is 0 Å². The molecule has 2 rings (SSSR count). The zero-order valence-electron chi connectivity index (χ0n) is 15.7. The van der Waals surface area contributed by atoms with Crippen LogP contribution in [0, 0.1) is 5.92 Å². The van der Waals surface area contributed by atoms with E-state index in [0.717, 1.165) is 63.7 Å². The first kappa shape index (κ1) is 20.6. The summed E-state index contributed by atoms with van der Waals surface area (Å²) in [6.45, 7) is 10.5. The molecule has 144 valence electrons. The first-order valence-electron chi connectivity index (χ1n) is 9.23. The summed E-state index contributed by atoms with van der Waals surface area (Å²) in [6, 6.07) is 7.87. The predicted molar refractivity (Wildman–Crippen MR) is 110 cm³/mol. The van der Waals surface area contributed by atoms with Gasteiger partial charge in [-0.15, -0.1) is 0 Å². The third-order valence-electron chi connectivity index (χ3n) is 4.04. The molecule has 0 spiro atoms. The Kier molecular flexibility index (Phi) is 9.38. The number of hydrogen-bond donors (Lipinski definition) is 2. The summed E-state index contributed by atoms with van der Waals surface area (Å²) in [4.78, 5) is 2.35. The van der Waals surface area contributed by atoms with E-state index in [1.807, 2.05) is 24.3 Å². The second kappa shape index (κ2) is 11.8. The van der Waals surface area contributed by atoms with Gasteiger partial charge in [0.2, 0.25) is 0 Å². The van der Waals surface area contributed by atoms with E-state index in [0.29, 0.717) is 11.0 Å². The van der Waals surface area contributed by atoms with Crippen LogP contribution in [-0.4, -0.2) is 62.2 Å². The maximum absolute atomic E-state index is 5.71. The summed E-state index contributed by atoms with van der Waals surface area (Å²) >= 11 is 5.23. The standard InChI is InChI=1S/C19H30N4O2S/c1-16(2)7-12-25-18-5-3-17(4-6-18)15-21-22-19(26)20-8-9-23-10-13-24-14-11-23/h3-6,15-16H,7-14H2,1-2H3,(H2,20,22,26)/b21-15+. The first-order valence-corrected chi connectivity index (χ1v) is 9.64. The van der Waals surface area contributed by atoms with Gasteiger partial charge in [0.1, 0.15) is 5.75 Å². The summed E-state index contributed by atoms with van der Waals surface area (Å²) in [5.41, 5.74) is 3.84. The minimum Gasteiger partial charge on any atom is -0.494 e. The van der Waals surface area contributed by atoms with Gasteiger partial charge >= 0.3 is 0 Å². The smallest absolute Gasteiger partial charge is 0.187 e. The van der Waals surface area contributed by atoms with E-state index in [9.17, 15) is 0 Å². The Bertz CT molecular complexity index is 557. The molecule has 6 nitrogen and oxygen atoms in total. The second-order valence-corrected chi connectivity index (χ2v) is 7.09. The summed E-state index contributed by atoms with van der Waals surface area (Å²) in [7, 11) is 0. The van der Waals surface area contributed by atoms with Gasteiger partial charge in [0, 0.05) is 26.2 Å². The number of morpholine rings is 1. The molecule has 0 amide bonds. The van der Waals surface area contributed by atoms with Gasteiger partial charge in [-0.3, -0.25) is 10.3 Å². The average Bonchev–Trinajstić information content (AvgIpc) is 2.64. The number of ether oxygens (including phenoxy) is 2. The Labute approximate surface area is 161 Å². The largest absolute Gasteiger partial charge is 0.494 e. The lowest BCUT2D eigenvalue weighted by atomic mass is 10.1. The van der Waals surface area contributed by atoms with Crippen molar-refractivity contribution in [2.24, 2.45) is 11.0 Å². The number of hydrazone groups is 1. The second-order valence-electron chi connectivity index (χ2n) is 6.68. The summed E-state index contributed by atoms with van der Waals surface area (Å²) in [5, 5.41) is 7.86. The van der Waals surface area contributed by atoms with Crippen molar-refractivity contribution < 1.29 is 9.47 Å². The van der Waals surface area contributed by atoms with Crippen LogP contribution in [-0.2, 0) is 4.74 Å². The molecular formula is C19H30N4O2S. The number of thiocarbonyl (C=S) groups is 1. The molecule has 1 aliphatic heterocycles. The lowest BCUT2D eigenvalue weighted by Gasteiger charge is -2.26. The van der Waals surface area contributed by atoms with E-state index in [-0.39, 0.29) is 0 Å². The predicted octanol–water partition coefficient (Wildman–Crippen LogP) is 2.24. The highest BCUT2D eigenvalue weighted by Gasteiger charge is 2.09. The Balaban J connectivity index is 1.61. The number of rotatable bonds is 9. The van der Waals surface area contributed by atoms with Gasteiger partial charge in [-0.1, -0.05) is 13.8 Å². The van der Waals surface area contributed by atoms with E-state index in [1.54, 1.807) is 6.21 Å². The molecule has 0 atom stereocenters. The Morgan fingerprint density at radius 3 is 2.73 bits per heavy atom. The van der Waals surface area contributed by atoms with Crippen molar-refractivity contribution in [3.8, 4) is 5.75 Å². The zero-order chi connectivity index (χ0) is 18.6. The lowest BCUT2D eigenvalue weighted by molar-refractivity contribution is 0.0389. The van der Waals surface area contributed by atoms with Gasteiger partial charge in [0.15, 0.2) is 5.11 Å². The Morgan fingerprint density at radius 1 is 1.31 bits per heavy atom. The van der Waals surface area contributed by atoms with Gasteiger partial charge in [-0.05, 0) is 54.4 Å². The highest BCUT2D eigenvalue weighted by atomic mass is 32.1. The maximum atomic E-state index is 5.71. The summed E-state index contributed by atoms with van der Waals surface area (Å²) in [5.74, 6) is 1.54. The maximum Gasteiger partial charge on any atom is 0.187 e. The number of hydrogen-bond acceptors (Lipinski definition) is 5. The molecule has 1 saturated heterocycles. The monoisotopic (exact) mass is 378 g/mol. The molecule has 7 heteroatoms. The van der Waals surface area contributed by atoms with Crippen molar-refractivity contribution in [2.75, 3.05) is 46.0 Å². The fourth-order valence-electron chi connectivity index (χ4n) is 2.42. The van der Waals surface area contributed by atoms with Crippen LogP contribution >= 0.6 is 12.2 Å². The highest BCUT2D eigenvalue weighted by Crippen LogP contribution is 2.12. The molecule has 0 radical (unpaired) electrons. The van der Waals surface area contributed by atoms with Gasteiger partial charge in [-0.25, -0.2) is 0 Å². The third-order valence-corrected chi connectivity index (χ3v) is 4.28. The molecule has 0 saturated carbocycles. The van der Waals surface area contributed by atoms with Gasteiger partial charge < -0.3 is 14.8 Å². The Morgan fingerprint density at radius 2 is 2.04 bits per heavy atom. The SMILES string of the molecule is CC(C)CCOc1ccc(/C=N/NC(=S)NCCN2CCOCC2)cc1. The fourth-order valence-corrected chi connectivity index (χ4v) is 2.57. The van der Waals surface area contributed by atoms with Crippen LogP contribution in [0.1, 0.15) is 25.8 Å². The van der Waals surface area contributed by atoms with Crippen LogP contribution in [0.2, 0.25) is 0 Å². The van der Waals surface area contributed by atoms with Gasteiger partial charge in [0.25, 0.3) is 0 Å². The fraction of sp³-hybridized carbons (Fsp3) is 0.579. The van der Waals surface area contributed by atoms with Gasteiger partial charge in [0.05, 0.1) is 26.0 Å². The minimum atomic E-state index is 0.531. The van der Waals surface area contributed by atoms with Crippen molar-refractivity contribution in [3.63, 3.8) is 0 Å². The molecule has 0 unspecified atom stereocenters. The molecule has 1 fully saturated rings. The van der Waals surface area contributed by atoms with Crippen LogP contribution in [0.5, 0.6) is 5.75 Å². The van der Waals surface area contributed by atoms with E-state index in [2.05, 4.69) is 34.6 Å². The third kappa shape index (κ3) is 8.60. The molecule has 1 aromatic carbocycles. The van der Waals surface area contributed by atoms with E-state index in [1.165, 1.54) is 0 Å². The molecule has 26 heavy (non-hydrogen) atoms. The van der Waals surface area contributed by atoms with Crippen molar-refractivity contribution in [3.05, 3.63) is 29.8 Å². The topological polar surface area (TPSA) is 58.1 Å². The van der Waals surface area contributed by atoms with Crippen molar-refractivity contribution in [1.29, 1.82) is 0 Å². The van der Waals surface area contributed by atoms with E-state index < -0.39 is 0 Å². The minimum absolute atomic E-state index is 0.531. The van der Waals surface area contributed by atoms with E-state index >= 15 is 0 Å². The molecule has 0 bridgehead atoms. The normalized spacial score (nSPS) is 15.3. The molecule has 1 heterocycles. The van der Waals surface area contributed by atoms with Crippen molar-refractivity contribution in [2.45, 2.75) is 20.3 Å². The molecule has 2 N–H and O–H groups in total. The van der Waals surface area contributed by atoms with Crippen LogP contribution in [0.3, 0.4) is 0 Å². The summed E-state index contributed by atoms with van der Waals surface area (Å²) < 4.78 is 11.0. The summed E-state index contributed by atoms with van der Waals surface area (Å²) in [6.07, 6.45) is 2.80.